The van der Waals surface area contributed by atoms with E-state index in [0.29, 0.717) is 22.2 Å². The molecule has 1 aromatic carbocycles. The maximum atomic E-state index is 14.3. The summed E-state index contributed by atoms with van der Waals surface area (Å²) < 4.78 is 15.0. The van der Waals surface area contributed by atoms with Crippen LogP contribution in [0.15, 0.2) is 36.8 Å². The fraction of sp³-hybridized carbons (Fsp3) is 0.278. The molecule has 0 spiro atoms. The first kappa shape index (κ1) is 16.9. The second-order valence-corrected chi connectivity index (χ2v) is 7.21. The molecule has 6 nitrogen and oxygen atoms in total. The quantitative estimate of drug-likeness (QED) is 0.760. The summed E-state index contributed by atoms with van der Waals surface area (Å²) >= 11 is 1.14. The molecular weight excluding hydrogens is 355 g/mol. The minimum atomic E-state index is -1.00. The molecule has 1 aliphatic rings. The Bertz CT molecular complexity index is 939. The summed E-state index contributed by atoms with van der Waals surface area (Å²) in [5.74, 6) is -0.524. The van der Waals surface area contributed by atoms with Crippen LogP contribution >= 0.6 is 11.3 Å². The average Bonchev–Trinajstić information content (AvgIpc) is 3.03. The van der Waals surface area contributed by atoms with Gasteiger partial charge in [0.15, 0.2) is 0 Å². The van der Waals surface area contributed by atoms with E-state index in [2.05, 4.69) is 19.8 Å². The first-order valence-electron chi connectivity index (χ1n) is 8.30. The van der Waals surface area contributed by atoms with E-state index in [1.807, 2.05) is 0 Å². The van der Waals surface area contributed by atoms with Gasteiger partial charge in [0.2, 0.25) is 0 Å². The highest BCUT2D eigenvalue weighted by Crippen LogP contribution is 2.34. The predicted molar refractivity (Wildman–Crippen MR) is 98.3 cm³/mol. The van der Waals surface area contributed by atoms with Crippen molar-refractivity contribution in [2.75, 3.05) is 31.1 Å². The van der Waals surface area contributed by atoms with Crippen molar-refractivity contribution in [2.24, 2.45) is 0 Å². The van der Waals surface area contributed by atoms with Crippen molar-refractivity contribution in [1.82, 2.24) is 14.9 Å². The monoisotopic (exact) mass is 372 g/mol. The number of benzene rings is 1. The lowest BCUT2D eigenvalue weighted by Crippen LogP contribution is -2.46. The Morgan fingerprint density at radius 2 is 2.04 bits per heavy atom. The Morgan fingerprint density at radius 3 is 2.73 bits per heavy atom. The lowest BCUT2D eigenvalue weighted by molar-refractivity contribution is 0.0700. The van der Waals surface area contributed by atoms with Crippen LogP contribution in [0.2, 0.25) is 0 Å². The van der Waals surface area contributed by atoms with E-state index < -0.39 is 5.97 Å². The highest BCUT2D eigenvalue weighted by Gasteiger charge is 2.24. The summed E-state index contributed by atoms with van der Waals surface area (Å²) in [4.78, 5) is 24.6. The number of rotatable bonds is 4. The number of anilines is 1. The molecule has 1 fully saturated rings. The molecule has 3 heterocycles. The van der Waals surface area contributed by atoms with Gasteiger partial charge in [0.25, 0.3) is 0 Å². The molecule has 0 amide bonds. The van der Waals surface area contributed by atoms with Crippen LogP contribution in [0.5, 0.6) is 0 Å². The van der Waals surface area contributed by atoms with Gasteiger partial charge in [0.1, 0.15) is 16.5 Å². The number of carbonyl (C=O) groups is 1. The van der Waals surface area contributed by atoms with Gasteiger partial charge in [0.05, 0.1) is 6.20 Å². The van der Waals surface area contributed by atoms with Crippen LogP contribution in [-0.2, 0) is 6.54 Å². The molecule has 0 radical (unpaired) electrons. The van der Waals surface area contributed by atoms with E-state index in [0.717, 1.165) is 43.3 Å². The Hall–Kier alpha value is -2.58. The third-order valence-electron chi connectivity index (χ3n) is 4.59. The standard InChI is InChI=1S/C18H17FN4O2S/c19-13-2-1-3-14-16(13)12(17(26-14)18(24)25)11-22-6-8-23(9-7-22)15-10-20-4-5-21-15/h1-5,10H,6-9,11H2,(H,24,25). The molecule has 1 N–H and O–H groups in total. The fourth-order valence-corrected chi connectivity index (χ4v) is 4.37. The van der Waals surface area contributed by atoms with Crippen molar-refractivity contribution < 1.29 is 14.3 Å². The number of carboxylic acid groups (broad SMARTS) is 1. The van der Waals surface area contributed by atoms with Gasteiger partial charge in [-0.25, -0.2) is 14.2 Å². The van der Waals surface area contributed by atoms with Crippen LogP contribution in [0.1, 0.15) is 15.2 Å². The first-order valence-corrected chi connectivity index (χ1v) is 9.11. The minimum absolute atomic E-state index is 0.224. The van der Waals surface area contributed by atoms with Crippen LogP contribution in [-0.4, -0.2) is 52.1 Å². The van der Waals surface area contributed by atoms with Crippen molar-refractivity contribution in [3.63, 3.8) is 0 Å². The molecule has 2 aromatic heterocycles. The van der Waals surface area contributed by atoms with E-state index in [9.17, 15) is 14.3 Å². The largest absolute Gasteiger partial charge is 0.477 e. The van der Waals surface area contributed by atoms with Crippen molar-refractivity contribution in [1.29, 1.82) is 0 Å². The minimum Gasteiger partial charge on any atom is -0.477 e. The molecule has 0 aliphatic carbocycles. The summed E-state index contributed by atoms with van der Waals surface area (Å²) in [6.07, 6.45) is 5.05. The predicted octanol–water partition coefficient (Wildman–Crippen LogP) is 2.85. The Balaban J connectivity index is 1.55. The van der Waals surface area contributed by atoms with Crippen molar-refractivity contribution in [2.45, 2.75) is 6.54 Å². The molecule has 134 valence electrons. The SMILES string of the molecule is O=C(O)c1sc2cccc(F)c2c1CN1CCN(c2cnccn2)CC1. The van der Waals surface area contributed by atoms with Gasteiger partial charge in [0, 0.05) is 60.8 Å². The molecule has 4 rings (SSSR count). The van der Waals surface area contributed by atoms with Gasteiger partial charge in [-0.2, -0.15) is 0 Å². The molecule has 1 aliphatic heterocycles. The molecular formula is C18H17FN4O2S. The Kier molecular flexibility index (Phi) is 4.52. The van der Waals surface area contributed by atoms with Crippen molar-refractivity contribution in [3.05, 3.63) is 53.0 Å². The van der Waals surface area contributed by atoms with Gasteiger partial charge < -0.3 is 10.0 Å². The second-order valence-electron chi connectivity index (χ2n) is 6.15. The lowest BCUT2D eigenvalue weighted by Gasteiger charge is -2.35. The zero-order chi connectivity index (χ0) is 18.1. The van der Waals surface area contributed by atoms with Gasteiger partial charge >= 0.3 is 5.97 Å². The van der Waals surface area contributed by atoms with E-state index in [1.54, 1.807) is 30.7 Å². The molecule has 0 saturated carbocycles. The average molecular weight is 372 g/mol. The summed E-state index contributed by atoms with van der Waals surface area (Å²) in [6, 6.07) is 4.77. The zero-order valence-corrected chi connectivity index (χ0v) is 14.7. The highest BCUT2D eigenvalue weighted by atomic mass is 32.1. The lowest BCUT2D eigenvalue weighted by atomic mass is 10.1. The third-order valence-corrected chi connectivity index (χ3v) is 5.77. The van der Waals surface area contributed by atoms with Crippen LogP contribution in [0.25, 0.3) is 10.1 Å². The number of carboxylic acids is 1. The van der Waals surface area contributed by atoms with E-state index in [-0.39, 0.29) is 10.7 Å². The van der Waals surface area contributed by atoms with Crippen molar-refractivity contribution in [3.8, 4) is 0 Å². The topological polar surface area (TPSA) is 69.6 Å². The Labute approximate surface area is 153 Å². The van der Waals surface area contributed by atoms with Crippen LogP contribution in [0.4, 0.5) is 10.2 Å². The van der Waals surface area contributed by atoms with Gasteiger partial charge in [-0.15, -0.1) is 11.3 Å². The van der Waals surface area contributed by atoms with Gasteiger partial charge in [-0.3, -0.25) is 9.88 Å². The molecule has 8 heteroatoms. The maximum absolute atomic E-state index is 14.3. The van der Waals surface area contributed by atoms with Crippen LogP contribution in [0, 0.1) is 5.82 Å². The van der Waals surface area contributed by atoms with E-state index in [1.165, 1.54) is 6.07 Å². The number of halogens is 1. The number of thiophene rings is 1. The molecule has 0 unspecified atom stereocenters. The molecule has 0 atom stereocenters. The first-order chi connectivity index (χ1) is 12.6. The van der Waals surface area contributed by atoms with Crippen molar-refractivity contribution >= 4 is 33.2 Å². The number of hydrogen-bond acceptors (Lipinski definition) is 6. The van der Waals surface area contributed by atoms with E-state index in [4.69, 9.17) is 0 Å². The molecule has 1 saturated heterocycles. The number of piperazine rings is 1. The normalized spacial score (nSPS) is 15.5. The number of aromatic nitrogens is 2. The van der Waals surface area contributed by atoms with Gasteiger partial charge in [-0.1, -0.05) is 6.07 Å². The third kappa shape index (κ3) is 3.13. The van der Waals surface area contributed by atoms with Crippen LogP contribution in [0.3, 0.4) is 0 Å². The maximum Gasteiger partial charge on any atom is 0.346 e. The molecule has 3 aromatic rings. The Morgan fingerprint density at radius 1 is 1.23 bits per heavy atom. The van der Waals surface area contributed by atoms with E-state index >= 15 is 0 Å². The highest BCUT2D eigenvalue weighted by molar-refractivity contribution is 7.21. The molecule has 26 heavy (non-hydrogen) atoms. The van der Waals surface area contributed by atoms with Crippen LogP contribution < -0.4 is 4.90 Å². The second kappa shape index (κ2) is 6.97. The van der Waals surface area contributed by atoms with Gasteiger partial charge in [-0.05, 0) is 12.1 Å². The summed E-state index contributed by atoms with van der Waals surface area (Å²) in [5.41, 5.74) is 0.573. The number of fused-ring (bicyclic) bond motifs is 1. The fourth-order valence-electron chi connectivity index (χ4n) is 3.30. The number of nitrogens with zero attached hydrogens (tertiary/aromatic N) is 4. The number of hydrogen-bond donors (Lipinski definition) is 1. The molecule has 0 bridgehead atoms. The zero-order valence-electron chi connectivity index (χ0n) is 13.9. The smallest absolute Gasteiger partial charge is 0.346 e. The summed E-state index contributed by atoms with van der Waals surface area (Å²) in [6.45, 7) is 3.47. The summed E-state index contributed by atoms with van der Waals surface area (Å²) in [5, 5.41) is 9.96. The summed E-state index contributed by atoms with van der Waals surface area (Å²) in [7, 11) is 0. The number of aromatic carboxylic acids is 1.